The molecule has 2 fully saturated rings. The van der Waals surface area contributed by atoms with Crippen molar-refractivity contribution in [3.8, 4) is 0 Å². The Bertz CT molecular complexity index is 625. The highest BCUT2D eigenvalue weighted by Crippen LogP contribution is 2.40. The van der Waals surface area contributed by atoms with Crippen LogP contribution in [0.4, 0.5) is 5.82 Å². The third-order valence-electron chi connectivity index (χ3n) is 5.03. The molecule has 4 rings (SSSR count). The first-order chi connectivity index (χ1) is 9.85. The van der Waals surface area contributed by atoms with E-state index in [0.29, 0.717) is 6.54 Å². The van der Waals surface area contributed by atoms with Crippen LogP contribution < -0.4 is 10.6 Å². The van der Waals surface area contributed by atoms with E-state index in [9.17, 15) is 0 Å². The van der Waals surface area contributed by atoms with Crippen LogP contribution in [-0.4, -0.2) is 18.1 Å². The van der Waals surface area contributed by atoms with Gasteiger partial charge in [0.25, 0.3) is 0 Å². The molecule has 2 atom stereocenters. The summed E-state index contributed by atoms with van der Waals surface area (Å²) >= 11 is 0. The van der Waals surface area contributed by atoms with Crippen LogP contribution in [-0.2, 0) is 6.54 Å². The fourth-order valence-electron chi connectivity index (χ4n) is 3.98. The molecule has 0 amide bonds. The summed E-state index contributed by atoms with van der Waals surface area (Å²) in [5.41, 5.74) is 8.22. The van der Waals surface area contributed by atoms with Crippen molar-refractivity contribution >= 4 is 16.7 Å². The summed E-state index contributed by atoms with van der Waals surface area (Å²) in [5.74, 6) is 2.89. The van der Waals surface area contributed by atoms with Crippen molar-refractivity contribution in [2.45, 2.75) is 25.8 Å². The Hall–Kier alpha value is -1.61. The Morgan fingerprint density at radius 2 is 1.90 bits per heavy atom. The minimum atomic E-state index is 0.568. The quantitative estimate of drug-likeness (QED) is 0.909. The molecule has 1 aliphatic heterocycles. The van der Waals surface area contributed by atoms with Crippen molar-refractivity contribution in [3.05, 3.63) is 35.9 Å². The van der Waals surface area contributed by atoms with Crippen LogP contribution in [0.2, 0.25) is 0 Å². The van der Waals surface area contributed by atoms with E-state index in [-0.39, 0.29) is 0 Å². The number of hydrogen-bond donors (Lipinski definition) is 1. The van der Waals surface area contributed by atoms with Crippen LogP contribution >= 0.6 is 0 Å². The van der Waals surface area contributed by atoms with E-state index in [0.717, 1.165) is 23.2 Å². The van der Waals surface area contributed by atoms with E-state index < -0.39 is 0 Å². The zero-order valence-corrected chi connectivity index (χ0v) is 11.8. The summed E-state index contributed by atoms with van der Waals surface area (Å²) < 4.78 is 0. The standard InChI is InChI=1S/C17H21N3/c18-9-15-8-12-4-1-2-7-16(12)19-17(15)20-10-13-5-3-6-14(13)11-20/h1-2,4,7-8,13-14H,3,5-6,9-11,18H2. The number of nitrogens with zero attached hydrogens (tertiary/aromatic N) is 2. The highest BCUT2D eigenvalue weighted by molar-refractivity contribution is 5.81. The molecule has 2 unspecified atom stereocenters. The van der Waals surface area contributed by atoms with Crippen LogP contribution in [0.3, 0.4) is 0 Å². The lowest BCUT2D eigenvalue weighted by Gasteiger charge is -2.22. The van der Waals surface area contributed by atoms with Gasteiger partial charge in [0.05, 0.1) is 5.52 Å². The molecule has 2 aromatic rings. The van der Waals surface area contributed by atoms with E-state index in [1.165, 1.54) is 43.3 Å². The first-order valence-corrected chi connectivity index (χ1v) is 7.69. The molecule has 3 nitrogen and oxygen atoms in total. The number of pyridine rings is 1. The van der Waals surface area contributed by atoms with Gasteiger partial charge in [-0.3, -0.25) is 0 Å². The minimum Gasteiger partial charge on any atom is -0.356 e. The predicted molar refractivity (Wildman–Crippen MR) is 82.7 cm³/mol. The molecule has 2 N–H and O–H groups in total. The first-order valence-electron chi connectivity index (χ1n) is 7.69. The molecule has 1 saturated carbocycles. The Labute approximate surface area is 119 Å². The molecule has 104 valence electrons. The average molecular weight is 267 g/mol. The van der Waals surface area contributed by atoms with Crippen molar-refractivity contribution in [1.29, 1.82) is 0 Å². The number of benzene rings is 1. The van der Waals surface area contributed by atoms with Gasteiger partial charge in [0, 0.05) is 30.6 Å². The van der Waals surface area contributed by atoms with Gasteiger partial charge in [-0.05, 0) is 36.8 Å². The summed E-state index contributed by atoms with van der Waals surface area (Å²) in [4.78, 5) is 7.38. The molecule has 1 aliphatic carbocycles. The van der Waals surface area contributed by atoms with Crippen LogP contribution in [0.15, 0.2) is 30.3 Å². The highest BCUT2D eigenvalue weighted by atomic mass is 15.2. The number of nitrogens with two attached hydrogens (primary N) is 1. The Morgan fingerprint density at radius 1 is 1.15 bits per heavy atom. The molecular weight excluding hydrogens is 246 g/mol. The smallest absolute Gasteiger partial charge is 0.133 e. The molecule has 20 heavy (non-hydrogen) atoms. The van der Waals surface area contributed by atoms with Crippen LogP contribution in [0.25, 0.3) is 10.9 Å². The van der Waals surface area contributed by atoms with Crippen LogP contribution in [0.5, 0.6) is 0 Å². The maximum Gasteiger partial charge on any atom is 0.133 e. The van der Waals surface area contributed by atoms with Crippen LogP contribution in [0, 0.1) is 11.8 Å². The van der Waals surface area contributed by atoms with Gasteiger partial charge in [-0.15, -0.1) is 0 Å². The number of para-hydroxylation sites is 1. The van der Waals surface area contributed by atoms with Crippen molar-refractivity contribution in [1.82, 2.24) is 4.98 Å². The number of aromatic nitrogens is 1. The summed E-state index contributed by atoms with van der Waals surface area (Å²) in [7, 11) is 0. The number of anilines is 1. The second kappa shape index (κ2) is 4.74. The first kappa shape index (κ1) is 12.2. The van der Waals surface area contributed by atoms with E-state index >= 15 is 0 Å². The van der Waals surface area contributed by atoms with E-state index in [1.54, 1.807) is 0 Å². The summed E-state index contributed by atoms with van der Waals surface area (Å²) in [6.45, 7) is 2.91. The average Bonchev–Trinajstić information content (AvgIpc) is 3.07. The second-order valence-corrected chi connectivity index (χ2v) is 6.22. The lowest BCUT2D eigenvalue weighted by atomic mass is 10.0. The maximum atomic E-state index is 5.96. The molecular formula is C17H21N3. The van der Waals surface area contributed by atoms with Gasteiger partial charge in [0.1, 0.15) is 5.82 Å². The van der Waals surface area contributed by atoms with Crippen molar-refractivity contribution in [3.63, 3.8) is 0 Å². The lowest BCUT2D eigenvalue weighted by molar-refractivity contribution is 0.494. The molecule has 1 aromatic heterocycles. The third kappa shape index (κ3) is 1.88. The number of fused-ring (bicyclic) bond motifs is 2. The predicted octanol–water partition coefficient (Wildman–Crippen LogP) is 2.93. The third-order valence-corrected chi connectivity index (χ3v) is 5.03. The Balaban J connectivity index is 1.75. The maximum absolute atomic E-state index is 5.96. The van der Waals surface area contributed by atoms with Gasteiger partial charge in [0.15, 0.2) is 0 Å². The molecule has 2 aliphatic rings. The minimum absolute atomic E-state index is 0.568. The fourth-order valence-corrected chi connectivity index (χ4v) is 3.98. The topological polar surface area (TPSA) is 42.1 Å². The fraction of sp³-hybridized carbons (Fsp3) is 0.471. The number of hydrogen-bond acceptors (Lipinski definition) is 3. The van der Waals surface area contributed by atoms with Gasteiger partial charge in [-0.25, -0.2) is 4.98 Å². The largest absolute Gasteiger partial charge is 0.356 e. The van der Waals surface area contributed by atoms with Gasteiger partial charge < -0.3 is 10.6 Å². The molecule has 3 heteroatoms. The lowest BCUT2D eigenvalue weighted by Crippen LogP contribution is -2.24. The number of rotatable bonds is 2. The normalized spacial score (nSPS) is 25.4. The van der Waals surface area contributed by atoms with Crippen molar-refractivity contribution < 1.29 is 0 Å². The van der Waals surface area contributed by atoms with Gasteiger partial charge in [0.2, 0.25) is 0 Å². The molecule has 0 spiro atoms. The zero-order valence-electron chi connectivity index (χ0n) is 11.8. The van der Waals surface area contributed by atoms with E-state index in [1.807, 2.05) is 0 Å². The molecule has 1 saturated heterocycles. The van der Waals surface area contributed by atoms with Crippen molar-refractivity contribution in [2.24, 2.45) is 17.6 Å². The monoisotopic (exact) mass is 267 g/mol. The Morgan fingerprint density at radius 3 is 2.65 bits per heavy atom. The second-order valence-electron chi connectivity index (χ2n) is 6.22. The SMILES string of the molecule is NCc1cc2ccccc2nc1N1CC2CCCC2C1. The zero-order chi connectivity index (χ0) is 13.5. The van der Waals surface area contributed by atoms with E-state index in [2.05, 4.69) is 35.2 Å². The molecule has 0 radical (unpaired) electrons. The molecule has 0 bridgehead atoms. The van der Waals surface area contributed by atoms with Gasteiger partial charge >= 0.3 is 0 Å². The van der Waals surface area contributed by atoms with Gasteiger partial charge in [-0.1, -0.05) is 24.6 Å². The summed E-state index contributed by atoms with van der Waals surface area (Å²) in [6, 6.07) is 10.5. The molecule has 1 aromatic carbocycles. The Kier molecular flexibility index (Phi) is 2.88. The van der Waals surface area contributed by atoms with Crippen LogP contribution in [0.1, 0.15) is 24.8 Å². The molecule has 2 heterocycles. The van der Waals surface area contributed by atoms with Crippen molar-refractivity contribution in [2.75, 3.05) is 18.0 Å². The van der Waals surface area contributed by atoms with E-state index in [4.69, 9.17) is 10.7 Å². The summed E-state index contributed by atoms with van der Waals surface area (Å²) in [5, 5.41) is 1.19. The van der Waals surface area contributed by atoms with Gasteiger partial charge in [-0.2, -0.15) is 0 Å². The highest BCUT2D eigenvalue weighted by Gasteiger charge is 2.37. The summed E-state index contributed by atoms with van der Waals surface area (Å²) in [6.07, 6.45) is 4.21.